The van der Waals surface area contributed by atoms with Gasteiger partial charge in [-0.2, -0.15) is 0 Å². The SMILES string of the molecule is COc1ccc(C=C2Oc3c(ccc4c3C(c3coc5ccccc5c3=O)CC(=O)O4)C2=O)cc1O. The molecule has 0 amide bonds. The molecule has 0 spiro atoms. The lowest BCUT2D eigenvalue weighted by Crippen LogP contribution is -2.25. The number of carbonyl (C=O) groups excluding carboxylic acids is 2. The average molecular weight is 482 g/mol. The summed E-state index contributed by atoms with van der Waals surface area (Å²) in [5.41, 5.74) is 1.68. The van der Waals surface area contributed by atoms with E-state index in [1.54, 1.807) is 36.4 Å². The van der Waals surface area contributed by atoms with Crippen molar-refractivity contribution >= 4 is 28.8 Å². The van der Waals surface area contributed by atoms with Gasteiger partial charge in [0.15, 0.2) is 22.7 Å². The Morgan fingerprint density at radius 2 is 1.86 bits per heavy atom. The summed E-state index contributed by atoms with van der Waals surface area (Å²) < 4.78 is 22.2. The highest BCUT2D eigenvalue weighted by atomic mass is 16.5. The van der Waals surface area contributed by atoms with E-state index in [-0.39, 0.29) is 51.8 Å². The number of rotatable bonds is 3. The van der Waals surface area contributed by atoms with Crippen molar-refractivity contribution in [3.05, 3.63) is 99.1 Å². The van der Waals surface area contributed by atoms with Crippen molar-refractivity contribution < 1.29 is 33.3 Å². The predicted molar refractivity (Wildman–Crippen MR) is 129 cm³/mol. The summed E-state index contributed by atoms with van der Waals surface area (Å²) in [4.78, 5) is 38.9. The van der Waals surface area contributed by atoms with Gasteiger partial charge in [0.25, 0.3) is 0 Å². The fourth-order valence-electron chi connectivity index (χ4n) is 4.65. The summed E-state index contributed by atoms with van der Waals surface area (Å²) in [5, 5.41) is 10.5. The molecule has 0 fully saturated rings. The third-order valence-electron chi connectivity index (χ3n) is 6.36. The number of hydrogen-bond donors (Lipinski definition) is 1. The molecule has 3 aromatic carbocycles. The summed E-state index contributed by atoms with van der Waals surface area (Å²) in [5.74, 6) is -0.906. The zero-order valence-electron chi connectivity index (χ0n) is 18.9. The van der Waals surface area contributed by atoms with Gasteiger partial charge in [-0.25, -0.2) is 0 Å². The molecular formula is C28H18O8. The molecule has 2 aliphatic rings. The number of methoxy groups -OCH3 is 1. The molecule has 1 atom stereocenters. The van der Waals surface area contributed by atoms with E-state index in [0.717, 1.165) is 0 Å². The van der Waals surface area contributed by atoms with E-state index in [2.05, 4.69) is 0 Å². The van der Waals surface area contributed by atoms with E-state index in [0.29, 0.717) is 27.8 Å². The van der Waals surface area contributed by atoms with Crippen molar-refractivity contribution in [2.24, 2.45) is 0 Å². The van der Waals surface area contributed by atoms with Crippen LogP contribution in [-0.2, 0) is 4.79 Å². The van der Waals surface area contributed by atoms with E-state index in [4.69, 9.17) is 18.6 Å². The third kappa shape index (κ3) is 3.34. The Hall–Kier alpha value is -4.85. The number of ether oxygens (including phenoxy) is 3. The maximum absolute atomic E-state index is 13.3. The number of esters is 1. The number of benzene rings is 3. The number of aromatic hydroxyl groups is 1. The second-order valence-electron chi connectivity index (χ2n) is 8.47. The number of fused-ring (bicyclic) bond motifs is 4. The lowest BCUT2D eigenvalue weighted by Gasteiger charge is -2.25. The van der Waals surface area contributed by atoms with E-state index >= 15 is 0 Å². The summed E-state index contributed by atoms with van der Waals surface area (Å²) >= 11 is 0. The molecule has 0 bridgehead atoms. The van der Waals surface area contributed by atoms with Gasteiger partial charge in [0, 0.05) is 17.0 Å². The molecule has 0 radical (unpaired) electrons. The number of hydrogen-bond acceptors (Lipinski definition) is 8. The molecule has 2 aliphatic heterocycles. The van der Waals surface area contributed by atoms with E-state index in [1.807, 2.05) is 0 Å². The molecule has 3 heterocycles. The summed E-state index contributed by atoms with van der Waals surface area (Å²) in [6, 6.07) is 14.6. The van der Waals surface area contributed by atoms with Gasteiger partial charge in [0.05, 0.1) is 30.7 Å². The highest BCUT2D eigenvalue weighted by Crippen LogP contribution is 2.48. The molecule has 36 heavy (non-hydrogen) atoms. The van der Waals surface area contributed by atoms with Crippen molar-refractivity contribution in [1.82, 2.24) is 0 Å². The zero-order valence-corrected chi connectivity index (χ0v) is 18.9. The molecular weight excluding hydrogens is 464 g/mol. The van der Waals surface area contributed by atoms with Gasteiger partial charge in [-0.05, 0) is 48.0 Å². The van der Waals surface area contributed by atoms with Crippen LogP contribution < -0.4 is 19.6 Å². The molecule has 8 nitrogen and oxygen atoms in total. The molecule has 1 unspecified atom stereocenters. The Labute approximate surface area is 204 Å². The predicted octanol–water partition coefficient (Wildman–Crippen LogP) is 4.56. The standard InChI is InChI=1S/C28H18O8/c1-33-21-8-6-14(10-19(21)29)11-23-27(32)16-7-9-22-25(28(16)36-23)17(12-24(30)35-22)18-13-34-20-5-3-2-4-15(20)26(18)31/h2-11,13,17,29H,12H2,1H3. The van der Waals surface area contributed by atoms with Crippen molar-refractivity contribution in [3.8, 4) is 23.0 Å². The topological polar surface area (TPSA) is 112 Å². The number of ketones is 1. The zero-order chi connectivity index (χ0) is 25.0. The first-order valence-electron chi connectivity index (χ1n) is 11.1. The maximum Gasteiger partial charge on any atom is 0.312 e. The Morgan fingerprint density at radius 1 is 1.03 bits per heavy atom. The fourth-order valence-corrected chi connectivity index (χ4v) is 4.65. The van der Waals surface area contributed by atoms with E-state index in [1.165, 1.54) is 37.6 Å². The fraction of sp³-hybridized carbons (Fsp3) is 0.107. The van der Waals surface area contributed by atoms with E-state index in [9.17, 15) is 19.5 Å². The maximum atomic E-state index is 13.3. The van der Waals surface area contributed by atoms with Crippen LogP contribution in [0.4, 0.5) is 0 Å². The first-order valence-corrected chi connectivity index (χ1v) is 11.1. The second kappa shape index (κ2) is 8.13. The first-order chi connectivity index (χ1) is 17.4. The minimum Gasteiger partial charge on any atom is -0.504 e. The Morgan fingerprint density at radius 3 is 2.67 bits per heavy atom. The lowest BCUT2D eigenvalue weighted by molar-refractivity contribution is -0.135. The quantitative estimate of drug-likeness (QED) is 0.257. The van der Waals surface area contributed by atoms with Crippen molar-refractivity contribution in [3.63, 3.8) is 0 Å². The third-order valence-corrected chi connectivity index (χ3v) is 6.36. The van der Waals surface area contributed by atoms with Gasteiger partial charge >= 0.3 is 5.97 Å². The number of para-hydroxylation sites is 1. The smallest absolute Gasteiger partial charge is 0.312 e. The molecule has 178 valence electrons. The Bertz CT molecular complexity index is 1680. The van der Waals surface area contributed by atoms with Crippen LogP contribution in [0.5, 0.6) is 23.0 Å². The van der Waals surface area contributed by atoms with E-state index < -0.39 is 11.9 Å². The van der Waals surface area contributed by atoms with Crippen LogP contribution in [-0.4, -0.2) is 24.0 Å². The average Bonchev–Trinajstić information content (AvgIpc) is 3.19. The number of allylic oxidation sites excluding steroid dienone is 1. The molecule has 0 saturated carbocycles. The second-order valence-corrected chi connectivity index (χ2v) is 8.47. The van der Waals surface area contributed by atoms with Crippen molar-refractivity contribution in [2.45, 2.75) is 12.3 Å². The van der Waals surface area contributed by atoms with Gasteiger partial charge in [-0.1, -0.05) is 18.2 Å². The monoisotopic (exact) mass is 482 g/mol. The van der Waals surface area contributed by atoms with Crippen molar-refractivity contribution in [1.29, 1.82) is 0 Å². The normalized spacial score (nSPS) is 17.5. The number of phenolic OH excluding ortho intramolecular Hbond substituents is 1. The summed E-state index contributed by atoms with van der Waals surface area (Å²) in [7, 11) is 1.44. The van der Waals surface area contributed by atoms with Gasteiger partial charge < -0.3 is 23.7 Å². The molecule has 8 heteroatoms. The molecule has 1 aromatic heterocycles. The van der Waals surface area contributed by atoms with Gasteiger partial charge in [0.1, 0.15) is 17.1 Å². The van der Waals surface area contributed by atoms with Crippen molar-refractivity contribution in [2.75, 3.05) is 7.11 Å². The number of carbonyl (C=O) groups is 2. The van der Waals surface area contributed by atoms with Crippen LogP contribution >= 0.6 is 0 Å². The number of phenols is 1. The first kappa shape index (κ1) is 21.7. The van der Waals surface area contributed by atoms with Crippen LogP contribution in [0.1, 0.15) is 39.4 Å². The number of Topliss-reactive ketones (excluding diaryl/α,β-unsaturated/α-hetero) is 1. The minimum atomic E-state index is -0.728. The van der Waals surface area contributed by atoms with Crippen LogP contribution in [0.3, 0.4) is 0 Å². The van der Waals surface area contributed by atoms with Crippen LogP contribution in [0.15, 0.2) is 75.8 Å². The molecule has 1 N–H and O–H groups in total. The Balaban J connectivity index is 1.47. The lowest BCUT2D eigenvalue weighted by atomic mass is 9.85. The van der Waals surface area contributed by atoms with Crippen LogP contribution in [0.2, 0.25) is 0 Å². The molecule has 6 rings (SSSR count). The van der Waals surface area contributed by atoms with Gasteiger partial charge in [0.2, 0.25) is 5.78 Å². The highest BCUT2D eigenvalue weighted by Gasteiger charge is 2.39. The summed E-state index contributed by atoms with van der Waals surface area (Å²) in [6.07, 6.45) is 2.74. The largest absolute Gasteiger partial charge is 0.504 e. The Kier molecular flexibility index (Phi) is 4.89. The molecule has 4 aromatic rings. The minimum absolute atomic E-state index is 0.0316. The molecule has 0 aliphatic carbocycles. The van der Waals surface area contributed by atoms with Crippen LogP contribution in [0, 0.1) is 0 Å². The highest BCUT2D eigenvalue weighted by molar-refractivity contribution is 6.15. The van der Waals surface area contributed by atoms with Crippen LogP contribution in [0.25, 0.3) is 17.0 Å². The van der Waals surface area contributed by atoms with Gasteiger partial charge in [-0.15, -0.1) is 0 Å². The summed E-state index contributed by atoms with van der Waals surface area (Å²) in [6.45, 7) is 0. The molecule has 0 saturated heterocycles. The van der Waals surface area contributed by atoms with Gasteiger partial charge in [-0.3, -0.25) is 14.4 Å².